The average molecular weight is 541 g/mol. The molecule has 8 nitrogen and oxygen atoms in total. The fraction of sp³-hybridized carbons (Fsp3) is 0.333. The maximum absolute atomic E-state index is 15.2. The minimum atomic E-state index is -4.34. The van der Waals surface area contributed by atoms with Crippen LogP contribution in [0.1, 0.15) is 57.1 Å². The van der Waals surface area contributed by atoms with Crippen LogP contribution >= 0.6 is 0 Å². The molecule has 0 spiro atoms. The molecule has 0 unspecified atom stereocenters. The van der Waals surface area contributed by atoms with Crippen LogP contribution in [0.2, 0.25) is 0 Å². The minimum Gasteiger partial charge on any atom is -0.383 e. The van der Waals surface area contributed by atoms with E-state index in [1.807, 2.05) is 24.7 Å². The summed E-state index contributed by atoms with van der Waals surface area (Å²) in [5, 5.41) is 5.44. The van der Waals surface area contributed by atoms with Gasteiger partial charge in [-0.3, -0.25) is 9.40 Å². The SMILES string of the molecule is CC(C)n1nc(-c2ccc(NS(=O)(=O)c3ccccc3F)c(F)c2)c2c(N)ncc([C@H]3CC[C@@H](N)CC3)c21. The van der Waals surface area contributed by atoms with Crippen molar-refractivity contribution < 1.29 is 17.2 Å². The predicted octanol–water partition coefficient (Wildman–Crippen LogP) is 5.33. The average Bonchev–Trinajstić information content (AvgIpc) is 3.28. The van der Waals surface area contributed by atoms with Gasteiger partial charge in [0.05, 0.1) is 16.6 Å². The van der Waals surface area contributed by atoms with Gasteiger partial charge in [-0.2, -0.15) is 5.10 Å². The lowest BCUT2D eigenvalue weighted by atomic mass is 9.82. The number of fused-ring (bicyclic) bond motifs is 1. The maximum atomic E-state index is 15.2. The molecule has 1 aliphatic rings. The number of anilines is 2. The molecule has 2 aromatic carbocycles. The largest absolute Gasteiger partial charge is 0.383 e. The molecule has 0 amide bonds. The summed E-state index contributed by atoms with van der Waals surface area (Å²) in [5.74, 6) is -1.22. The third kappa shape index (κ3) is 4.71. The highest BCUT2D eigenvalue weighted by molar-refractivity contribution is 7.92. The smallest absolute Gasteiger partial charge is 0.264 e. The Labute approximate surface area is 220 Å². The van der Waals surface area contributed by atoms with E-state index < -0.39 is 26.6 Å². The van der Waals surface area contributed by atoms with Gasteiger partial charge in [-0.1, -0.05) is 18.2 Å². The number of pyridine rings is 1. The summed E-state index contributed by atoms with van der Waals surface area (Å²) in [6.07, 6.45) is 5.53. The van der Waals surface area contributed by atoms with Gasteiger partial charge in [0, 0.05) is 23.8 Å². The number of nitrogen functional groups attached to an aromatic ring is 1. The van der Waals surface area contributed by atoms with E-state index >= 15 is 4.39 Å². The van der Waals surface area contributed by atoms with Crippen LogP contribution in [-0.2, 0) is 10.0 Å². The Morgan fingerprint density at radius 2 is 1.76 bits per heavy atom. The third-order valence-corrected chi connectivity index (χ3v) is 8.50. The van der Waals surface area contributed by atoms with Gasteiger partial charge < -0.3 is 11.5 Å². The van der Waals surface area contributed by atoms with Crippen LogP contribution in [0.5, 0.6) is 0 Å². The Balaban J connectivity index is 1.57. The zero-order valence-corrected chi connectivity index (χ0v) is 22.0. The molecule has 1 aliphatic carbocycles. The Bertz CT molecular complexity index is 1610. The van der Waals surface area contributed by atoms with Crippen LogP contribution in [0.25, 0.3) is 22.2 Å². The molecule has 5 N–H and O–H groups in total. The standard InChI is InChI=1S/C27H30F2N6O2S/c1-15(2)35-26-19(16-7-10-18(30)11-8-16)14-32-27(31)24(26)25(33-35)17-9-12-22(21(29)13-17)34-38(36,37)23-6-4-3-5-20(23)28/h3-6,9,12-16,18,34H,7-8,10-11,30H2,1-2H3,(H2,31,32)/t16-,18+. The summed E-state index contributed by atoms with van der Waals surface area (Å²) in [7, 11) is -4.34. The number of nitrogens with zero attached hydrogens (tertiary/aromatic N) is 3. The Hall–Kier alpha value is -3.57. The fourth-order valence-electron chi connectivity index (χ4n) is 5.13. The molecule has 1 saturated carbocycles. The second kappa shape index (κ2) is 9.95. The van der Waals surface area contributed by atoms with Crippen molar-refractivity contribution in [2.24, 2.45) is 5.73 Å². The first-order valence-electron chi connectivity index (χ1n) is 12.6. The Kier molecular flexibility index (Phi) is 6.83. The molecule has 2 heterocycles. The van der Waals surface area contributed by atoms with E-state index in [0.29, 0.717) is 16.6 Å². The van der Waals surface area contributed by atoms with E-state index in [0.717, 1.165) is 48.9 Å². The normalized spacial score (nSPS) is 18.3. The monoisotopic (exact) mass is 540 g/mol. The topological polar surface area (TPSA) is 129 Å². The predicted molar refractivity (Wildman–Crippen MR) is 144 cm³/mol. The highest BCUT2D eigenvalue weighted by Crippen LogP contribution is 2.41. The van der Waals surface area contributed by atoms with Gasteiger partial charge in [-0.05, 0) is 75.3 Å². The quantitative estimate of drug-likeness (QED) is 0.303. The molecule has 2 aromatic heterocycles. The molecular formula is C27H30F2N6O2S. The second-order valence-corrected chi connectivity index (χ2v) is 11.7. The molecule has 200 valence electrons. The first kappa shape index (κ1) is 26.1. The van der Waals surface area contributed by atoms with Crippen LogP contribution in [0.15, 0.2) is 53.6 Å². The van der Waals surface area contributed by atoms with Gasteiger partial charge in [0.1, 0.15) is 28.0 Å². The van der Waals surface area contributed by atoms with Crippen LogP contribution in [0, 0.1) is 11.6 Å². The number of hydrogen-bond donors (Lipinski definition) is 3. The van der Waals surface area contributed by atoms with Crippen molar-refractivity contribution in [2.75, 3.05) is 10.5 Å². The molecule has 1 fully saturated rings. The highest BCUT2D eigenvalue weighted by Gasteiger charge is 2.28. The van der Waals surface area contributed by atoms with E-state index in [4.69, 9.17) is 16.6 Å². The number of sulfonamides is 1. The van der Waals surface area contributed by atoms with Crippen molar-refractivity contribution in [3.63, 3.8) is 0 Å². The summed E-state index contributed by atoms with van der Waals surface area (Å²) in [5.41, 5.74) is 14.9. The lowest BCUT2D eigenvalue weighted by Gasteiger charge is -2.27. The van der Waals surface area contributed by atoms with E-state index in [9.17, 15) is 12.8 Å². The molecule has 38 heavy (non-hydrogen) atoms. The summed E-state index contributed by atoms with van der Waals surface area (Å²) in [6.45, 7) is 4.02. The fourth-order valence-corrected chi connectivity index (χ4v) is 6.28. The number of halogens is 2. The molecule has 0 bridgehead atoms. The van der Waals surface area contributed by atoms with Gasteiger partial charge in [-0.15, -0.1) is 0 Å². The van der Waals surface area contributed by atoms with Crippen LogP contribution in [0.4, 0.5) is 20.3 Å². The molecule has 0 aliphatic heterocycles. The first-order valence-corrected chi connectivity index (χ1v) is 14.0. The van der Waals surface area contributed by atoms with Gasteiger partial charge in [0.2, 0.25) is 0 Å². The summed E-state index contributed by atoms with van der Waals surface area (Å²) in [6, 6.07) is 9.14. The van der Waals surface area contributed by atoms with Crippen molar-refractivity contribution in [1.29, 1.82) is 0 Å². The number of aromatic nitrogens is 3. The van der Waals surface area contributed by atoms with E-state index in [1.54, 1.807) is 6.07 Å². The summed E-state index contributed by atoms with van der Waals surface area (Å²) in [4.78, 5) is 3.89. The first-order chi connectivity index (χ1) is 18.1. The van der Waals surface area contributed by atoms with Crippen molar-refractivity contribution in [2.45, 2.75) is 62.4 Å². The number of benzene rings is 2. The van der Waals surface area contributed by atoms with Gasteiger partial charge >= 0.3 is 0 Å². The van der Waals surface area contributed by atoms with Crippen molar-refractivity contribution in [1.82, 2.24) is 14.8 Å². The second-order valence-electron chi connectivity index (χ2n) is 10.1. The Morgan fingerprint density at radius 3 is 2.42 bits per heavy atom. The molecular weight excluding hydrogens is 510 g/mol. The van der Waals surface area contributed by atoms with Crippen molar-refractivity contribution in [3.8, 4) is 11.3 Å². The minimum absolute atomic E-state index is 0.00524. The van der Waals surface area contributed by atoms with Crippen molar-refractivity contribution in [3.05, 3.63) is 65.9 Å². The zero-order valence-electron chi connectivity index (χ0n) is 21.2. The zero-order chi connectivity index (χ0) is 27.2. The summed E-state index contributed by atoms with van der Waals surface area (Å²) >= 11 is 0. The molecule has 4 aromatic rings. The molecule has 5 rings (SSSR count). The van der Waals surface area contributed by atoms with E-state index in [2.05, 4.69) is 9.71 Å². The van der Waals surface area contributed by atoms with Crippen LogP contribution < -0.4 is 16.2 Å². The van der Waals surface area contributed by atoms with Crippen LogP contribution in [0.3, 0.4) is 0 Å². The van der Waals surface area contributed by atoms with Gasteiger partial charge in [-0.25, -0.2) is 22.2 Å². The van der Waals surface area contributed by atoms with Gasteiger partial charge in [0.15, 0.2) is 0 Å². The van der Waals surface area contributed by atoms with Gasteiger partial charge in [0.25, 0.3) is 10.0 Å². The van der Waals surface area contributed by atoms with E-state index in [1.165, 1.54) is 24.3 Å². The molecule has 11 heteroatoms. The maximum Gasteiger partial charge on any atom is 0.264 e. The van der Waals surface area contributed by atoms with E-state index in [-0.39, 0.29) is 29.5 Å². The lowest BCUT2D eigenvalue weighted by Crippen LogP contribution is -2.26. The number of rotatable bonds is 6. The summed E-state index contributed by atoms with van der Waals surface area (Å²) < 4.78 is 58.7. The molecule has 0 saturated heterocycles. The van der Waals surface area contributed by atoms with Crippen molar-refractivity contribution >= 4 is 32.4 Å². The molecule has 0 atom stereocenters. The lowest BCUT2D eigenvalue weighted by molar-refractivity contribution is 0.395. The number of nitrogens with two attached hydrogens (primary N) is 2. The van der Waals surface area contributed by atoms with Crippen LogP contribution in [-0.4, -0.2) is 29.2 Å². The molecule has 0 radical (unpaired) electrons. The highest BCUT2D eigenvalue weighted by atomic mass is 32.2. The number of hydrogen-bond acceptors (Lipinski definition) is 6. The number of nitrogens with one attached hydrogen (secondary N) is 1. The Morgan fingerprint density at radius 1 is 1.05 bits per heavy atom. The third-order valence-electron chi connectivity index (χ3n) is 7.10.